The molecule has 16 heavy (non-hydrogen) atoms. The average Bonchev–Trinajstić information content (AvgIpc) is 2.80. The summed E-state index contributed by atoms with van der Waals surface area (Å²) in [4.78, 5) is 0. The SMILES string of the molecule is CCC(CO)NCC(O)COC1CCCC1. The summed E-state index contributed by atoms with van der Waals surface area (Å²) in [6, 6.07) is 0.0844. The minimum Gasteiger partial charge on any atom is -0.395 e. The molecular formula is C12H25NO3. The Morgan fingerprint density at radius 3 is 2.62 bits per heavy atom. The van der Waals surface area contributed by atoms with Gasteiger partial charge in [-0.15, -0.1) is 0 Å². The largest absolute Gasteiger partial charge is 0.395 e. The second kappa shape index (κ2) is 8.01. The summed E-state index contributed by atoms with van der Waals surface area (Å²) in [6.45, 7) is 3.02. The minimum absolute atomic E-state index is 0.0844. The van der Waals surface area contributed by atoms with Gasteiger partial charge in [-0.3, -0.25) is 0 Å². The molecule has 0 aromatic heterocycles. The van der Waals surface area contributed by atoms with Crippen LogP contribution in [0, 0.1) is 0 Å². The van der Waals surface area contributed by atoms with E-state index in [0.29, 0.717) is 19.3 Å². The van der Waals surface area contributed by atoms with Crippen molar-refractivity contribution in [3.63, 3.8) is 0 Å². The molecule has 1 fully saturated rings. The number of hydrogen-bond acceptors (Lipinski definition) is 4. The lowest BCUT2D eigenvalue weighted by Gasteiger charge is -2.19. The topological polar surface area (TPSA) is 61.7 Å². The molecule has 3 N–H and O–H groups in total. The first-order chi connectivity index (χ1) is 7.76. The van der Waals surface area contributed by atoms with Crippen LogP contribution in [0.2, 0.25) is 0 Å². The Balaban J connectivity index is 2.03. The van der Waals surface area contributed by atoms with Crippen LogP contribution < -0.4 is 5.32 Å². The average molecular weight is 231 g/mol. The fourth-order valence-corrected chi connectivity index (χ4v) is 2.00. The van der Waals surface area contributed by atoms with Crippen LogP contribution in [0.25, 0.3) is 0 Å². The molecule has 1 saturated carbocycles. The van der Waals surface area contributed by atoms with E-state index in [1.807, 2.05) is 6.92 Å². The van der Waals surface area contributed by atoms with Crippen molar-refractivity contribution < 1.29 is 14.9 Å². The van der Waals surface area contributed by atoms with E-state index in [-0.39, 0.29) is 12.6 Å². The Kier molecular flexibility index (Phi) is 6.96. The first-order valence-electron chi connectivity index (χ1n) is 6.40. The minimum atomic E-state index is -0.471. The molecule has 1 rings (SSSR count). The molecule has 0 aromatic carbocycles. The van der Waals surface area contributed by atoms with Crippen LogP contribution in [0.5, 0.6) is 0 Å². The third kappa shape index (κ3) is 5.25. The maximum absolute atomic E-state index is 9.68. The van der Waals surface area contributed by atoms with Gasteiger partial charge in [0.2, 0.25) is 0 Å². The Morgan fingerprint density at radius 2 is 2.06 bits per heavy atom. The fourth-order valence-electron chi connectivity index (χ4n) is 2.00. The van der Waals surface area contributed by atoms with Crippen molar-refractivity contribution in [1.29, 1.82) is 0 Å². The third-order valence-electron chi connectivity index (χ3n) is 3.18. The number of ether oxygens (including phenoxy) is 1. The first-order valence-corrected chi connectivity index (χ1v) is 6.40. The van der Waals surface area contributed by atoms with Gasteiger partial charge in [-0.1, -0.05) is 19.8 Å². The maximum atomic E-state index is 9.68. The smallest absolute Gasteiger partial charge is 0.0897 e. The van der Waals surface area contributed by atoms with Crippen LogP contribution in [-0.4, -0.2) is 48.2 Å². The zero-order valence-corrected chi connectivity index (χ0v) is 10.2. The van der Waals surface area contributed by atoms with Gasteiger partial charge in [-0.25, -0.2) is 0 Å². The van der Waals surface area contributed by atoms with E-state index in [4.69, 9.17) is 9.84 Å². The van der Waals surface area contributed by atoms with Gasteiger partial charge in [0.05, 0.1) is 25.4 Å². The molecule has 2 unspecified atom stereocenters. The standard InChI is InChI=1S/C12H25NO3/c1-2-10(8-14)13-7-11(15)9-16-12-5-3-4-6-12/h10-15H,2-9H2,1H3. The summed E-state index contributed by atoms with van der Waals surface area (Å²) >= 11 is 0. The van der Waals surface area contributed by atoms with Gasteiger partial charge >= 0.3 is 0 Å². The molecule has 1 aliphatic rings. The monoisotopic (exact) mass is 231 g/mol. The fraction of sp³-hybridized carbons (Fsp3) is 1.00. The molecule has 0 bridgehead atoms. The van der Waals surface area contributed by atoms with Crippen LogP contribution in [-0.2, 0) is 4.74 Å². The van der Waals surface area contributed by atoms with E-state index >= 15 is 0 Å². The molecule has 4 heteroatoms. The third-order valence-corrected chi connectivity index (χ3v) is 3.18. The van der Waals surface area contributed by atoms with Gasteiger partial charge in [0.15, 0.2) is 0 Å². The number of aliphatic hydroxyl groups excluding tert-OH is 2. The molecule has 0 amide bonds. The Hall–Kier alpha value is -0.160. The van der Waals surface area contributed by atoms with Crippen LogP contribution in [0.3, 0.4) is 0 Å². The van der Waals surface area contributed by atoms with Crippen molar-refractivity contribution in [3.05, 3.63) is 0 Å². The summed E-state index contributed by atoms with van der Waals surface area (Å²) in [7, 11) is 0. The van der Waals surface area contributed by atoms with Crippen molar-refractivity contribution in [1.82, 2.24) is 5.32 Å². The quantitative estimate of drug-likeness (QED) is 0.574. The molecule has 0 radical (unpaired) electrons. The number of nitrogens with one attached hydrogen (secondary N) is 1. The first kappa shape index (κ1) is 13.9. The van der Waals surface area contributed by atoms with Gasteiger partial charge in [0.1, 0.15) is 0 Å². The van der Waals surface area contributed by atoms with Crippen LogP contribution in [0.4, 0.5) is 0 Å². The van der Waals surface area contributed by atoms with Crippen LogP contribution in [0.15, 0.2) is 0 Å². The van der Waals surface area contributed by atoms with Crippen molar-refractivity contribution in [3.8, 4) is 0 Å². The predicted molar refractivity (Wildman–Crippen MR) is 63.4 cm³/mol. The Morgan fingerprint density at radius 1 is 1.38 bits per heavy atom. The van der Waals surface area contributed by atoms with Crippen molar-refractivity contribution in [2.75, 3.05) is 19.8 Å². The second-order valence-corrected chi connectivity index (χ2v) is 4.59. The second-order valence-electron chi connectivity index (χ2n) is 4.59. The van der Waals surface area contributed by atoms with Gasteiger partial charge in [-0.2, -0.15) is 0 Å². The van der Waals surface area contributed by atoms with E-state index in [1.165, 1.54) is 12.8 Å². The summed E-state index contributed by atoms with van der Waals surface area (Å²) in [5.74, 6) is 0. The molecular weight excluding hydrogens is 206 g/mol. The molecule has 96 valence electrons. The summed E-state index contributed by atoms with van der Waals surface area (Å²) < 4.78 is 5.61. The van der Waals surface area contributed by atoms with E-state index in [9.17, 15) is 5.11 Å². The highest BCUT2D eigenvalue weighted by atomic mass is 16.5. The Labute approximate surface area is 98.0 Å². The van der Waals surface area contributed by atoms with Crippen LogP contribution in [0.1, 0.15) is 39.0 Å². The lowest BCUT2D eigenvalue weighted by molar-refractivity contribution is -0.00683. The normalized spacial score (nSPS) is 21.2. The van der Waals surface area contributed by atoms with E-state index in [2.05, 4.69) is 5.32 Å². The van der Waals surface area contributed by atoms with E-state index in [0.717, 1.165) is 19.3 Å². The van der Waals surface area contributed by atoms with Crippen molar-refractivity contribution in [2.45, 2.75) is 57.3 Å². The number of hydrogen-bond donors (Lipinski definition) is 3. The predicted octanol–water partition coefficient (Wildman–Crippen LogP) is 0.667. The highest BCUT2D eigenvalue weighted by Crippen LogP contribution is 2.20. The summed E-state index contributed by atoms with van der Waals surface area (Å²) in [5, 5.41) is 21.8. The summed E-state index contributed by atoms with van der Waals surface area (Å²) in [5.41, 5.74) is 0. The highest BCUT2D eigenvalue weighted by Gasteiger charge is 2.17. The van der Waals surface area contributed by atoms with Crippen LogP contribution >= 0.6 is 0 Å². The number of aliphatic hydroxyl groups is 2. The van der Waals surface area contributed by atoms with E-state index < -0.39 is 6.10 Å². The van der Waals surface area contributed by atoms with Gasteiger partial charge in [0.25, 0.3) is 0 Å². The molecule has 4 nitrogen and oxygen atoms in total. The van der Waals surface area contributed by atoms with Gasteiger partial charge in [-0.05, 0) is 19.3 Å². The lowest BCUT2D eigenvalue weighted by atomic mass is 10.2. The highest BCUT2D eigenvalue weighted by molar-refractivity contribution is 4.70. The van der Waals surface area contributed by atoms with E-state index in [1.54, 1.807) is 0 Å². The zero-order valence-electron chi connectivity index (χ0n) is 10.2. The zero-order chi connectivity index (χ0) is 11.8. The molecule has 0 spiro atoms. The van der Waals surface area contributed by atoms with Crippen molar-refractivity contribution in [2.24, 2.45) is 0 Å². The maximum Gasteiger partial charge on any atom is 0.0897 e. The molecule has 0 saturated heterocycles. The Bertz CT molecular complexity index is 162. The van der Waals surface area contributed by atoms with Crippen molar-refractivity contribution >= 4 is 0 Å². The van der Waals surface area contributed by atoms with Gasteiger partial charge in [0, 0.05) is 12.6 Å². The summed E-state index contributed by atoms with van der Waals surface area (Å²) in [6.07, 6.45) is 5.52. The molecule has 0 aromatic rings. The lowest BCUT2D eigenvalue weighted by Crippen LogP contribution is -2.39. The van der Waals surface area contributed by atoms with Gasteiger partial charge < -0.3 is 20.3 Å². The molecule has 1 aliphatic carbocycles. The molecule has 0 heterocycles. The molecule has 0 aliphatic heterocycles. The number of rotatable bonds is 8. The molecule has 2 atom stereocenters.